The van der Waals surface area contributed by atoms with E-state index in [-0.39, 0.29) is 11.4 Å². The average Bonchev–Trinajstić information content (AvgIpc) is 2.69. The fourth-order valence-corrected chi connectivity index (χ4v) is 3.32. The third-order valence-electron chi connectivity index (χ3n) is 5.16. The van der Waals surface area contributed by atoms with Gasteiger partial charge >= 0.3 is 0 Å². The Morgan fingerprint density at radius 3 is 1.58 bits per heavy atom. The fourth-order valence-electron chi connectivity index (χ4n) is 3.32. The molecule has 8 nitrogen and oxygen atoms in total. The van der Waals surface area contributed by atoms with Gasteiger partial charge in [-0.3, -0.25) is 20.2 Å². The SMILES string of the molecule is Cc1cc(Oc2cc(C)c(Oc3ccc([N+](=O)[O-])c(C)c3)c(C)c2C)ccc1[N+](=O)[O-]. The van der Waals surface area contributed by atoms with E-state index in [1.807, 2.05) is 26.8 Å². The largest absolute Gasteiger partial charge is 0.457 e. The topological polar surface area (TPSA) is 105 Å². The van der Waals surface area contributed by atoms with Gasteiger partial charge in [0.05, 0.1) is 9.85 Å². The minimum absolute atomic E-state index is 0.0403. The molecule has 0 aliphatic rings. The maximum absolute atomic E-state index is 11.0. The van der Waals surface area contributed by atoms with Gasteiger partial charge in [-0.05, 0) is 81.6 Å². The summed E-state index contributed by atoms with van der Waals surface area (Å²) in [5.41, 5.74) is 3.66. The van der Waals surface area contributed by atoms with E-state index in [0.717, 1.165) is 16.7 Å². The van der Waals surface area contributed by atoms with Gasteiger partial charge in [-0.15, -0.1) is 0 Å². The third kappa shape index (κ3) is 4.48. The van der Waals surface area contributed by atoms with Gasteiger partial charge in [-0.25, -0.2) is 0 Å². The van der Waals surface area contributed by atoms with E-state index in [9.17, 15) is 20.2 Å². The van der Waals surface area contributed by atoms with Gasteiger partial charge in [0.1, 0.15) is 23.0 Å². The molecule has 3 aromatic carbocycles. The van der Waals surface area contributed by atoms with E-state index in [4.69, 9.17) is 9.47 Å². The Morgan fingerprint density at radius 2 is 1.13 bits per heavy atom. The number of hydrogen-bond acceptors (Lipinski definition) is 6. The van der Waals surface area contributed by atoms with Crippen LogP contribution in [0.15, 0.2) is 42.5 Å². The van der Waals surface area contributed by atoms with Gasteiger partial charge in [0.25, 0.3) is 11.4 Å². The van der Waals surface area contributed by atoms with Crippen LogP contribution in [0.5, 0.6) is 23.0 Å². The molecule has 0 fully saturated rings. The highest BCUT2D eigenvalue weighted by molar-refractivity contribution is 5.56. The number of aryl methyl sites for hydroxylation is 3. The van der Waals surface area contributed by atoms with Crippen LogP contribution in [0.25, 0.3) is 0 Å². The fraction of sp³-hybridized carbons (Fsp3) is 0.217. The molecule has 0 heterocycles. The molecule has 0 unspecified atom stereocenters. The van der Waals surface area contributed by atoms with E-state index in [0.29, 0.717) is 34.1 Å². The summed E-state index contributed by atoms with van der Waals surface area (Å²) in [5, 5.41) is 22.0. The van der Waals surface area contributed by atoms with Crippen molar-refractivity contribution in [2.24, 2.45) is 0 Å². The minimum atomic E-state index is -0.426. The van der Waals surface area contributed by atoms with Crippen LogP contribution in [0.1, 0.15) is 27.8 Å². The van der Waals surface area contributed by atoms with Crippen molar-refractivity contribution in [3.63, 3.8) is 0 Å². The summed E-state index contributed by atoms with van der Waals surface area (Å²) in [7, 11) is 0. The zero-order chi connectivity index (χ0) is 22.9. The summed E-state index contributed by atoms with van der Waals surface area (Å²) in [5.74, 6) is 2.28. The molecule has 3 rings (SSSR count). The Hall–Kier alpha value is -3.94. The van der Waals surface area contributed by atoms with Crippen molar-refractivity contribution < 1.29 is 19.3 Å². The first-order valence-corrected chi connectivity index (χ1v) is 9.55. The second kappa shape index (κ2) is 8.43. The molecule has 0 saturated heterocycles. The lowest BCUT2D eigenvalue weighted by Crippen LogP contribution is -1.98. The number of nitrogens with zero attached hydrogens (tertiary/aromatic N) is 2. The van der Waals surface area contributed by atoms with E-state index in [2.05, 4.69) is 0 Å². The lowest BCUT2D eigenvalue weighted by Gasteiger charge is -2.18. The first kappa shape index (κ1) is 21.8. The summed E-state index contributed by atoms with van der Waals surface area (Å²) >= 11 is 0. The second-order valence-electron chi connectivity index (χ2n) is 7.39. The lowest BCUT2D eigenvalue weighted by molar-refractivity contribution is -0.385. The first-order chi connectivity index (χ1) is 14.6. The molecule has 8 heteroatoms. The van der Waals surface area contributed by atoms with Crippen molar-refractivity contribution in [3.05, 3.63) is 90.5 Å². The number of ether oxygens (including phenoxy) is 2. The molecule has 0 atom stereocenters. The third-order valence-corrected chi connectivity index (χ3v) is 5.16. The maximum atomic E-state index is 11.0. The number of hydrogen-bond donors (Lipinski definition) is 0. The summed E-state index contributed by atoms with van der Waals surface area (Å²) in [4.78, 5) is 21.2. The molecule has 3 aromatic rings. The predicted molar refractivity (Wildman–Crippen MR) is 116 cm³/mol. The van der Waals surface area contributed by atoms with Crippen molar-refractivity contribution in [2.45, 2.75) is 34.6 Å². The monoisotopic (exact) mass is 422 g/mol. The normalized spacial score (nSPS) is 10.6. The van der Waals surface area contributed by atoms with E-state index in [1.54, 1.807) is 38.1 Å². The Morgan fingerprint density at radius 1 is 0.645 bits per heavy atom. The summed E-state index contributed by atoms with van der Waals surface area (Å²) in [6.07, 6.45) is 0. The molecule has 0 amide bonds. The standard InChI is InChI=1S/C23H22N2O6/c1-13-10-18(6-8-20(13)24(26)27)30-22-12-15(3)23(17(5)16(22)4)31-19-7-9-21(25(28)29)14(2)11-19/h6-12H,1-5H3. The molecule has 0 aromatic heterocycles. The predicted octanol–water partition coefficient (Wildman–Crippen LogP) is 6.63. The molecule has 0 saturated carbocycles. The minimum Gasteiger partial charge on any atom is -0.457 e. The van der Waals surface area contributed by atoms with Crippen LogP contribution in [0.2, 0.25) is 0 Å². The maximum Gasteiger partial charge on any atom is 0.272 e. The van der Waals surface area contributed by atoms with Crippen LogP contribution < -0.4 is 9.47 Å². The second-order valence-corrected chi connectivity index (χ2v) is 7.39. The summed E-state index contributed by atoms with van der Waals surface area (Å²) < 4.78 is 12.0. The van der Waals surface area contributed by atoms with Crippen LogP contribution in [0.4, 0.5) is 11.4 Å². The van der Waals surface area contributed by atoms with Gasteiger partial charge < -0.3 is 9.47 Å². The number of rotatable bonds is 6. The Balaban J connectivity index is 1.91. The zero-order valence-corrected chi connectivity index (χ0v) is 17.9. The van der Waals surface area contributed by atoms with Crippen LogP contribution in [-0.4, -0.2) is 9.85 Å². The smallest absolute Gasteiger partial charge is 0.272 e. The quantitative estimate of drug-likeness (QED) is 0.326. The van der Waals surface area contributed by atoms with Crippen molar-refractivity contribution in [2.75, 3.05) is 0 Å². The van der Waals surface area contributed by atoms with Gasteiger partial charge in [-0.2, -0.15) is 0 Å². The van der Waals surface area contributed by atoms with Crippen molar-refractivity contribution in [1.82, 2.24) is 0 Å². The molecular weight excluding hydrogens is 400 g/mol. The van der Waals surface area contributed by atoms with Crippen molar-refractivity contribution in [3.8, 4) is 23.0 Å². The number of nitro groups is 2. The highest BCUT2D eigenvalue weighted by Crippen LogP contribution is 2.38. The molecular formula is C23H22N2O6. The first-order valence-electron chi connectivity index (χ1n) is 9.55. The highest BCUT2D eigenvalue weighted by atomic mass is 16.6. The average molecular weight is 422 g/mol. The van der Waals surface area contributed by atoms with Crippen LogP contribution in [0.3, 0.4) is 0 Å². The van der Waals surface area contributed by atoms with Gasteiger partial charge in [0.15, 0.2) is 0 Å². The van der Waals surface area contributed by atoms with Crippen LogP contribution >= 0.6 is 0 Å². The summed E-state index contributed by atoms with van der Waals surface area (Å²) in [6, 6.07) is 11.1. The molecule has 0 spiro atoms. The Kier molecular flexibility index (Phi) is 5.92. The van der Waals surface area contributed by atoms with Gasteiger partial charge in [0.2, 0.25) is 0 Å². The molecule has 0 radical (unpaired) electrons. The number of nitro benzene ring substituents is 2. The molecule has 0 bridgehead atoms. The summed E-state index contributed by atoms with van der Waals surface area (Å²) in [6.45, 7) is 9.02. The molecule has 0 aliphatic heterocycles. The zero-order valence-electron chi connectivity index (χ0n) is 17.9. The lowest BCUT2D eigenvalue weighted by atomic mass is 10.0. The van der Waals surface area contributed by atoms with Crippen LogP contribution in [-0.2, 0) is 0 Å². The van der Waals surface area contributed by atoms with Gasteiger partial charge in [-0.1, -0.05) is 0 Å². The molecule has 0 N–H and O–H groups in total. The Bertz CT molecular complexity index is 1200. The molecule has 31 heavy (non-hydrogen) atoms. The number of benzene rings is 3. The van der Waals surface area contributed by atoms with E-state index >= 15 is 0 Å². The highest BCUT2D eigenvalue weighted by Gasteiger charge is 2.17. The van der Waals surface area contributed by atoms with Gasteiger partial charge in [0, 0.05) is 23.3 Å². The molecule has 0 aliphatic carbocycles. The van der Waals surface area contributed by atoms with E-state index < -0.39 is 9.85 Å². The molecule has 160 valence electrons. The van der Waals surface area contributed by atoms with Crippen molar-refractivity contribution in [1.29, 1.82) is 0 Å². The Labute approximate surface area is 179 Å². The van der Waals surface area contributed by atoms with E-state index in [1.165, 1.54) is 12.1 Å². The van der Waals surface area contributed by atoms with Crippen molar-refractivity contribution >= 4 is 11.4 Å². The van der Waals surface area contributed by atoms with Crippen LogP contribution in [0, 0.1) is 54.8 Å².